The van der Waals surface area contributed by atoms with Gasteiger partial charge in [0.2, 0.25) is 5.76 Å². The molecule has 130 valence electrons. The highest BCUT2D eigenvalue weighted by atomic mass is 16.5. The van der Waals surface area contributed by atoms with E-state index in [0.717, 1.165) is 5.56 Å². The van der Waals surface area contributed by atoms with Crippen molar-refractivity contribution in [2.75, 3.05) is 7.11 Å². The number of ether oxygens (including phenoxy) is 1. The van der Waals surface area contributed by atoms with Gasteiger partial charge >= 0.3 is 11.7 Å². The van der Waals surface area contributed by atoms with Gasteiger partial charge in [0.25, 0.3) is 0 Å². The van der Waals surface area contributed by atoms with E-state index in [4.69, 9.17) is 4.42 Å². The molecule has 0 radical (unpaired) electrons. The maximum absolute atomic E-state index is 12.6. The molecule has 0 aliphatic rings. The number of carbonyl (C=O) groups excluding carboxylic acids is 1. The Morgan fingerprint density at radius 1 is 1.08 bits per heavy atom. The number of hydrogen-bond acceptors (Lipinski definition) is 6. The Balaban J connectivity index is 1.69. The summed E-state index contributed by atoms with van der Waals surface area (Å²) in [5.74, 6) is -0.0873. The number of fused-ring (bicyclic) bond motifs is 1. The summed E-state index contributed by atoms with van der Waals surface area (Å²) in [4.78, 5) is 24.0. The van der Waals surface area contributed by atoms with Gasteiger partial charge in [0.1, 0.15) is 12.3 Å². The topological polar surface area (TPSA) is 91.6 Å². The summed E-state index contributed by atoms with van der Waals surface area (Å²) in [5, 5.41) is 8.62. The van der Waals surface area contributed by atoms with Crippen molar-refractivity contribution in [3.8, 4) is 11.3 Å². The Bertz CT molecular complexity index is 1140. The molecule has 0 aliphatic heterocycles. The average molecular weight is 350 g/mol. The van der Waals surface area contributed by atoms with E-state index in [0.29, 0.717) is 17.1 Å². The molecule has 0 atom stereocenters. The minimum atomic E-state index is -0.576. The molecule has 0 bridgehead atoms. The predicted molar refractivity (Wildman–Crippen MR) is 91.8 cm³/mol. The zero-order chi connectivity index (χ0) is 18.1. The van der Waals surface area contributed by atoms with Crippen LogP contribution in [0.3, 0.4) is 0 Å². The molecule has 4 aromatic rings. The van der Waals surface area contributed by atoms with Crippen molar-refractivity contribution in [2.24, 2.45) is 0 Å². The van der Waals surface area contributed by atoms with Gasteiger partial charge in [-0.25, -0.2) is 14.3 Å². The molecule has 0 saturated carbocycles. The van der Waals surface area contributed by atoms with Crippen LogP contribution in [-0.2, 0) is 11.3 Å². The molecule has 4 rings (SSSR count). The zero-order valence-electron chi connectivity index (χ0n) is 13.8. The second-order valence-electron chi connectivity index (χ2n) is 5.55. The summed E-state index contributed by atoms with van der Waals surface area (Å²) in [6, 6.07) is 16.2. The van der Waals surface area contributed by atoms with Crippen molar-refractivity contribution < 1.29 is 13.9 Å². The fourth-order valence-corrected chi connectivity index (χ4v) is 2.60. The molecule has 0 fully saturated rings. The third-order valence-electron chi connectivity index (χ3n) is 3.86. The lowest BCUT2D eigenvalue weighted by Crippen LogP contribution is -2.23. The smallest absolute Gasteiger partial charge is 0.373 e. The zero-order valence-corrected chi connectivity index (χ0v) is 13.8. The quantitative estimate of drug-likeness (QED) is 0.523. The molecular weight excluding hydrogens is 336 g/mol. The largest absolute Gasteiger partial charge is 0.463 e. The molecule has 0 aliphatic carbocycles. The Morgan fingerprint density at radius 2 is 1.88 bits per heavy atom. The molecule has 0 saturated heterocycles. The monoisotopic (exact) mass is 350 g/mol. The van der Waals surface area contributed by atoms with Gasteiger partial charge in [-0.2, -0.15) is 9.61 Å². The number of nitrogens with zero attached hydrogens (tertiary/aromatic N) is 4. The minimum absolute atomic E-state index is 0.0730. The molecule has 26 heavy (non-hydrogen) atoms. The molecule has 0 spiro atoms. The summed E-state index contributed by atoms with van der Waals surface area (Å²) < 4.78 is 12.5. The van der Waals surface area contributed by atoms with Gasteiger partial charge in [0.15, 0.2) is 5.65 Å². The van der Waals surface area contributed by atoms with Gasteiger partial charge in [-0.15, -0.1) is 5.10 Å². The van der Waals surface area contributed by atoms with E-state index >= 15 is 0 Å². The van der Waals surface area contributed by atoms with Crippen LogP contribution in [0.4, 0.5) is 0 Å². The van der Waals surface area contributed by atoms with Crippen LogP contribution in [0.1, 0.15) is 16.3 Å². The van der Waals surface area contributed by atoms with Gasteiger partial charge in [-0.1, -0.05) is 30.3 Å². The summed E-state index contributed by atoms with van der Waals surface area (Å²) >= 11 is 0. The number of aromatic nitrogens is 4. The Labute approximate surface area is 147 Å². The number of furan rings is 1. The molecule has 1 aromatic carbocycles. The van der Waals surface area contributed by atoms with Crippen molar-refractivity contribution in [1.29, 1.82) is 0 Å². The first-order chi connectivity index (χ1) is 12.7. The number of hydrogen-bond donors (Lipinski definition) is 0. The third kappa shape index (κ3) is 2.77. The highest BCUT2D eigenvalue weighted by Gasteiger charge is 2.14. The highest BCUT2D eigenvalue weighted by Crippen LogP contribution is 2.16. The van der Waals surface area contributed by atoms with E-state index < -0.39 is 11.7 Å². The van der Waals surface area contributed by atoms with E-state index in [2.05, 4.69) is 14.9 Å². The van der Waals surface area contributed by atoms with Crippen LogP contribution >= 0.6 is 0 Å². The Hall–Kier alpha value is -3.68. The van der Waals surface area contributed by atoms with E-state index in [1.54, 1.807) is 12.1 Å². The fourth-order valence-electron chi connectivity index (χ4n) is 2.60. The van der Waals surface area contributed by atoms with Gasteiger partial charge in [0, 0.05) is 5.56 Å². The normalized spacial score (nSPS) is 11.0. The summed E-state index contributed by atoms with van der Waals surface area (Å²) in [7, 11) is 1.27. The van der Waals surface area contributed by atoms with Crippen molar-refractivity contribution in [2.45, 2.75) is 6.54 Å². The van der Waals surface area contributed by atoms with Crippen LogP contribution in [-0.4, -0.2) is 32.5 Å². The molecule has 0 N–H and O–H groups in total. The number of carbonyl (C=O) groups is 1. The second kappa shape index (κ2) is 6.32. The summed E-state index contributed by atoms with van der Waals surface area (Å²) in [6.45, 7) is 0.0832. The van der Waals surface area contributed by atoms with Crippen molar-refractivity contribution >= 4 is 11.6 Å². The van der Waals surface area contributed by atoms with E-state index in [-0.39, 0.29) is 12.3 Å². The van der Waals surface area contributed by atoms with Crippen molar-refractivity contribution in [1.82, 2.24) is 19.4 Å². The van der Waals surface area contributed by atoms with Crippen LogP contribution in [0.2, 0.25) is 0 Å². The molecule has 0 amide bonds. The number of methoxy groups -OCH3 is 1. The van der Waals surface area contributed by atoms with Crippen LogP contribution in [0.5, 0.6) is 0 Å². The Kier molecular flexibility index (Phi) is 3.85. The minimum Gasteiger partial charge on any atom is -0.463 e. The molecular formula is C18H14N4O4. The first-order valence-electron chi connectivity index (χ1n) is 7.85. The van der Waals surface area contributed by atoms with Crippen molar-refractivity contribution in [3.05, 3.63) is 76.6 Å². The molecule has 8 nitrogen and oxygen atoms in total. The Morgan fingerprint density at radius 3 is 2.65 bits per heavy atom. The lowest BCUT2D eigenvalue weighted by Gasteiger charge is -1.99. The lowest BCUT2D eigenvalue weighted by atomic mass is 10.1. The molecule has 3 heterocycles. The standard InChI is InChI=1S/C18H14N4O4/c1-25-17(23)15-9-7-13(26-15)11-21-18(24)22-16(20-21)10-8-14(19-22)12-5-3-2-4-6-12/h2-10H,11H2,1H3. The highest BCUT2D eigenvalue weighted by molar-refractivity contribution is 5.86. The number of esters is 1. The van der Waals surface area contributed by atoms with Crippen LogP contribution in [0.15, 0.2) is 63.8 Å². The van der Waals surface area contributed by atoms with E-state index in [1.165, 1.54) is 22.4 Å². The fraction of sp³-hybridized carbons (Fsp3) is 0.111. The third-order valence-corrected chi connectivity index (χ3v) is 3.86. The van der Waals surface area contributed by atoms with Gasteiger partial charge in [0.05, 0.1) is 12.8 Å². The first-order valence-corrected chi connectivity index (χ1v) is 7.85. The predicted octanol–water partition coefficient (Wildman–Crippen LogP) is 1.99. The van der Waals surface area contributed by atoms with E-state index in [1.807, 2.05) is 36.4 Å². The lowest BCUT2D eigenvalue weighted by molar-refractivity contribution is 0.0562. The second-order valence-corrected chi connectivity index (χ2v) is 5.55. The van der Waals surface area contributed by atoms with Gasteiger partial charge in [-0.3, -0.25) is 0 Å². The van der Waals surface area contributed by atoms with Gasteiger partial charge < -0.3 is 9.15 Å². The summed E-state index contributed by atoms with van der Waals surface area (Å²) in [6.07, 6.45) is 0. The number of rotatable bonds is 4. The molecule has 8 heteroatoms. The molecule has 0 unspecified atom stereocenters. The van der Waals surface area contributed by atoms with Crippen LogP contribution in [0.25, 0.3) is 16.9 Å². The van der Waals surface area contributed by atoms with Crippen LogP contribution < -0.4 is 5.69 Å². The molecule has 3 aromatic heterocycles. The summed E-state index contributed by atoms with van der Waals surface area (Å²) in [5.41, 5.74) is 1.61. The first kappa shape index (κ1) is 15.8. The maximum atomic E-state index is 12.6. The number of benzene rings is 1. The van der Waals surface area contributed by atoms with E-state index in [9.17, 15) is 9.59 Å². The SMILES string of the molecule is COC(=O)c1ccc(Cn2nc3ccc(-c4ccccc4)nn3c2=O)o1. The van der Waals surface area contributed by atoms with Crippen molar-refractivity contribution in [3.63, 3.8) is 0 Å². The van der Waals surface area contributed by atoms with Crippen LogP contribution in [0, 0.1) is 0 Å². The van der Waals surface area contributed by atoms with Gasteiger partial charge in [-0.05, 0) is 24.3 Å². The average Bonchev–Trinajstić information content (AvgIpc) is 3.27. The maximum Gasteiger partial charge on any atom is 0.373 e.